The first-order valence-electron chi connectivity index (χ1n) is 5.80. The predicted molar refractivity (Wildman–Crippen MR) is 61.7 cm³/mol. The molecule has 1 unspecified atom stereocenters. The number of likely N-dealkylation sites (tertiary alicyclic amines) is 1. The minimum Gasteiger partial charge on any atom is -0.392 e. The van der Waals surface area contributed by atoms with E-state index in [0.717, 1.165) is 24.9 Å². The summed E-state index contributed by atoms with van der Waals surface area (Å²) < 4.78 is 13.6. The number of aliphatic hydroxyl groups is 1. The van der Waals surface area contributed by atoms with Crippen LogP contribution in [0.1, 0.15) is 36.9 Å². The number of hydrogen-bond donors (Lipinski definition) is 1. The Bertz CT molecular complexity index is 433. The Morgan fingerprint density at radius 2 is 2.35 bits per heavy atom. The Hall–Kier alpha value is -1.42. The van der Waals surface area contributed by atoms with Gasteiger partial charge in [0, 0.05) is 19.0 Å². The molecule has 0 saturated carbocycles. The van der Waals surface area contributed by atoms with Crippen molar-refractivity contribution in [3.63, 3.8) is 0 Å². The summed E-state index contributed by atoms with van der Waals surface area (Å²) in [5, 5.41) is 8.91. The van der Waals surface area contributed by atoms with E-state index in [0.29, 0.717) is 5.56 Å². The van der Waals surface area contributed by atoms with Gasteiger partial charge in [0.25, 0.3) is 0 Å². The second kappa shape index (κ2) is 4.84. The molecule has 0 bridgehead atoms. The molecule has 1 aromatic rings. The number of rotatable bonds is 2. The first-order chi connectivity index (χ1) is 8.13. The van der Waals surface area contributed by atoms with Crippen molar-refractivity contribution in [3.05, 3.63) is 35.1 Å². The smallest absolute Gasteiger partial charge is 0.219 e. The van der Waals surface area contributed by atoms with E-state index in [-0.39, 0.29) is 18.6 Å². The molecule has 2 rings (SSSR count). The second-order valence-corrected chi connectivity index (χ2v) is 4.38. The van der Waals surface area contributed by atoms with Crippen molar-refractivity contribution in [1.29, 1.82) is 0 Å². The van der Waals surface area contributed by atoms with Crippen molar-refractivity contribution < 1.29 is 14.3 Å². The van der Waals surface area contributed by atoms with E-state index in [9.17, 15) is 9.18 Å². The van der Waals surface area contributed by atoms with Gasteiger partial charge < -0.3 is 10.0 Å². The van der Waals surface area contributed by atoms with Crippen LogP contribution in [-0.4, -0.2) is 22.5 Å². The number of hydrogen-bond acceptors (Lipinski definition) is 2. The zero-order valence-corrected chi connectivity index (χ0v) is 9.82. The molecule has 1 aliphatic heterocycles. The predicted octanol–water partition coefficient (Wildman–Crippen LogP) is 2.00. The summed E-state index contributed by atoms with van der Waals surface area (Å²) in [4.78, 5) is 13.2. The first kappa shape index (κ1) is 12.0. The van der Waals surface area contributed by atoms with Crippen LogP contribution in [0, 0.1) is 5.82 Å². The number of carbonyl (C=O) groups is 1. The standard InChI is InChI=1S/C13H16FNO2/c1-9(17)15-6-2-3-13(15)10-4-5-11(8-16)12(14)7-10/h4-5,7,13,16H,2-3,6,8H2,1H3. The number of amides is 1. The van der Waals surface area contributed by atoms with Gasteiger partial charge in [-0.15, -0.1) is 0 Å². The molecule has 1 N–H and O–H groups in total. The summed E-state index contributed by atoms with van der Waals surface area (Å²) in [6.45, 7) is 1.98. The van der Waals surface area contributed by atoms with Gasteiger partial charge in [0.1, 0.15) is 5.82 Å². The van der Waals surface area contributed by atoms with Crippen molar-refractivity contribution in [3.8, 4) is 0 Å². The molecular weight excluding hydrogens is 221 g/mol. The lowest BCUT2D eigenvalue weighted by Gasteiger charge is -2.23. The lowest BCUT2D eigenvalue weighted by molar-refractivity contribution is -0.129. The number of nitrogens with zero attached hydrogens (tertiary/aromatic N) is 1. The molecule has 17 heavy (non-hydrogen) atoms. The zero-order chi connectivity index (χ0) is 12.4. The van der Waals surface area contributed by atoms with Gasteiger partial charge in [0.2, 0.25) is 5.91 Å². The van der Waals surface area contributed by atoms with Gasteiger partial charge in [0.15, 0.2) is 0 Å². The highest BCUT2D eigenvalue weighted by Crippen LogP contribution is 2.32. The average molecular weight is 237 g/mol. The summed E-state index contributed by atoms with van der Waals surface area (Å²) in [5.41, 5.74) is 1.11. The van der Waals surface area contributed by atoms with Crippen molar-refractivity contribution in [2.24, 2.45) is 0 Å². The van der Waals surface area contributed by atoms with Crippen LogP contribution in [0.5, 0.6) is 0 Å². The fourth-order valence-electron chi connectivity index (χ4n) is 2.39. The van der Waals surface area contributed by atoms with E-state index in [1.807, 2.05) is 0 Å². The van der Waals surface area contributed by atoms with Crippen LogP contribution in [0.4, 0.5) is 4.39 Å². The maximum Gasteiger partial charge on any atom is 0.219 e. The fraction of sp³-hybridized carbons (Fsp3) is 0.462. The molecule has 1 aromatic carbocycles. The molecule has 0 radical (unpaired) electrons. The molecule has 1 saturated heterocycles. The number of aliphatic hydroxyl groups excluding tert-OH is 1. The molecule has 0 spiro atoms. The van der Waals surface area contributed by atoms with E-state index in [2.05, 4.69) is 0 Å². The molecular formula is C13H16FNO2. The highest BCUT2D eigenvalue weighted by atomic mass is 19.1. The summed E-state index contributed by atoms with van der Waals surface area (Å²) in [6, 6.07) is 4.79. The highest BCUT2D eigenvalue weighted by molar-refractivity contribution is 5.74. The zero-order valence-electron chi connectivity index (χ0n) is 9.82. The lowest BCUT2D eigenvalue weighted by Crippen LogP contribution is -2.28. The van der Waals surface area contributed by atoms with Crippen molar-refractivity contribution in [1.82, 2.24) is 4.90 Å². The molecule has 0 aromatic heterocycles. The topological polar surface area (TPSA) is 40.5 Å². The summed E-state index contributed by atoms with van der Waals surface area (Å²) in [7, 11) is 0. The third-order valence-corrected chi connectivity index (χ3v) is 3.29. The van der Waals surface area contributed by atoms with Gasteiger partial charge in [0.05, 0.1) is 12.6 Å². The summed E-state index contributed by atoms with van der Waals surface area (Å²) >= 11 is 0. The van der Waals surface area contributed by atoms with E-state index in [4.69, 9.17) is 5.11 Å². The van der Waals surface area contributed by atoms with Gasteiger partial charge in [-0.3, -0.25) is 4.79 Å². The van der Waals surface area contributed by atoms with Crippen molar-refractivity contribution >= 4 is 5.91 Å². The number of halogens is 1. The quantitative estimate of drug-likeness (QED) is 0.854. The van der Waals surface area contributed by atoms with E-state index in [1.54, 1.807) is 17.0 Å². The van der Waals surface area contributed by atoms with Crippen LogP contribution in [0.15, 0.2) is 18.2 Å². The molecule has 1 heterocycles. The van der Waals surface area contributed by atoms with Gasteiger partial charge in [-0.25, -0.2) is 4.39 Å². The highest BCUT2D eigenvalue weighted by Gasteiger charge is 2.28. The molecule has 1 aliphatic rings. The molecule has 1 amide bonds. The Kier molecular flexibility index (Phi) is 3.43. The third-order valence-electron chi connectivity index (χ3n) is 3.29. The maximum absolute atomic E-state index is 13.6. The lowest BCUT2D eigenvalue weighted by atomic mass is 10.0. The second-order valence-electron chi connectivity index (χ2n) is 4.38. The molecule has 3 nitrogen and oxygen atoms in total. The SMILES string of the molecule is CC(=O)N1CCCC1c1ccc(CO)c(F)c1. The van der Waals surface area contributed by atoms with Crippen LogP contribution in [0.25, 0.3) is 0 Å². The van der Waals surface area contributed by atoms with Gasteiger partial charge >= 0.3 is 0 Å². The molecule has 92 valence electrons. The Labute approximate surface area is 99.9 Å². The first-order valence-corrected chi connectivity index (χ1v) is 5.80. The van der Waals surface area contributed by atoms with Gasteiger partial charge in [-0.05, 0) is 24.5 Å². The average Bonchev–Trinajstić information content (AvgIpc) is 2.77. The number of benzene rings is 1. The maximum atomic E-state index is 13.6. The van der Waals surface area contributed by atoms with Gasteiger partial charge in [-0.1, -0.05) is 12.1 Å². The molecule has 1 atom stereocenters. The Morgan fingerprint density at radius 1 is 1.59 bits per heavy atom. The fourth-order valence-corrected chi connectivity index (χ4v) is 2.39. The van der Waals surface area contributed by atoms with Crippen molar-refractivity contribution in [2.45, 2.75) is 32.4 Å². The monoisotopic (exact) mass is 237 g/mol. The van der Waals surface area contributed by atoms with Crippen LogP contribution in [-0.2, 0) is 11.4 Å². The summed E-state index contributed by atoms with van der Waals surface area (Å²) in [5.74, 6) is -0.375. The van der Waals surface area contributed by atoms with Crippen LogP contribution < -0.4 is 0 Å². The van der Waals surface area contributed by atoms with Crippen molar-refractivity contribution in [2.75, 3.05) is 6.54 Å². The minimum atomic E-state index is -0.402. The summed E-state index contributed by atoms with van der Waals surface area (Å²) in [6.07, 6.45) is 1.82. The van der Waals surface area contributed by atoms with Crippen LogP contribution >= 0.6 is 0 Å². The molecule has 1 fully saturated rings. The number of carbonyl (C=O) groups excluding carboxylic acids is 1. The minimum absolute atomic E-state index is 0.0188. The van der Waals surface area contributed by atoms with Crippen LogP contribution in [0.3, 0.4) is 0 Å². The van der Waals surface area contributed by atoms with Crippen LogP contribution in [0.2, 0.25) is 0 Å². The van der Waals surface area contributed by atoms with E-state index < -0.39 is 5.82 Å². The largest absolute Gasteiger partial charge is 0.392 e. The van der Waals surface area contributed by atoms with Gasteiger partial charge in [-0.2, -0.15) is 0 Å². The molecule has 4 heteroatoms. The Balaban J connectivity index is 2.27. The normalized spacial score (nSPS) is 19.7. The van der Waals surface area contributed by atoms with E-state index >= 15 is 0 Å². The van der Waals surface area contributed by atoms with E-state index in [1.165, 1.54) is 13.0 Å². The Morgan fingerprint density at radius 3 is 2.94 bits per heavy atom. The molecule has 0 aliphatic carbocycles. The third kappa shape index (κ3) is 2.31.